The van der Waals surface area contributed by atoms with Gasteiger partial charge in [0, 0.05) is 12.3 Å². The van der Waals surface area contributed by atoms with Crippen LogP contribution in [0, 0.1) is 5.92 Å². The summed E-state index contributed by atoms with van der Waals surface area (Å²) in [6.07, 6.45) is 5.24. The molecular weight excluding hydrogens is 290 g/mol. The zero-order chi connectivity index (χ0) is 16.9. The van der Waals surface area contributed by atoms with E-state index in [2.05, 4.69) is 11.9 Å². The van der Waals surface area contributed by atoms with Gasteiger partial charge in [-0.2, -0.15) is 0 Å². The molecule has 1 saturated carbocycles. The van der Waals surface area contributed by atoms with Crippen LogP contribution in [-0.4, -0.2) is 22.5 Å². The van der Waals surface area contributed by atoms with Gasteiger partial charge in [-0.05, 0) is 25.3 Å². The maximum atomic E-state index is 12.5. The van der Waals surface area contributed by atoms with Gasteiger partial charge in [-0.25, -0.2) is 0 Å². The Hall–Kier alpha value is -2.10. The number of rotatable bonds is 6. The maximum absolute atomic E-state index is 12.5. The van der Waals surface area contributed by atoms with E-state index in [4.69, 9.17) is 0 Å². The van der Waals surface area contributed by atoms with Crippen molar-refractivity contribution in [3.05, 3.63) is 48.6 Å². The molecule has 0 bridgehead atoms. The number of hydrogen-bond acceptors (Lipinski definition) is 2. The maximum Gasteiger partial charge on any atom is 0.308 e. The normalized spacial score (nSPS) is 25.3. The van der Waals surface area contributed by atoms with Crippen molar-refractivity contribution in [3.8, 4) is 0 Å². The lowest BCUT2D eigenvalue weighted by Gasteiger charge is -2.40. The number of carbonyl (C=O) groups is 2. The van der Waals surface area contributed by atoms with E-state index in [0.29, 0.717) is 12.8 Å². The average Bonchev–Trinajstić information content (AvgIpc) is 2.53. The Morgan fingerprint density at radius 3 is 2.70 bits per heavy atom. The van der Waals surface area contributed by atoms with Gasteiger partial charge in [-0.1, -0.05) is 49.2 Å². The van der Waals surface area contributed by atoms with Crippen LogP contribution in [0.4, 0.5) is 0 Å². The second-order valence-corrected chi connectivity index (χ2v) is 6.56. The molecule has 23 heavy (non-hydrogen) atoms. The van der Waals surface area contributed by atoms with Crippen molar-refractivity contribution in [2.75, 3.05) is 0 Å². The van der Waals surface area contributed by atoms with E-state index in [1.54, 1.807) is 6.08 Å². The molecule has 0 heterocycles. The fraction of sp³-hybridized carbons (Fsp3) is 0.474. The fourth-order valence-corrected chi connectivity index (χ4v) is 3.49. The van der Waals surface area contributed by atoms with Crippen LogP contribution in [0.3, 0.4) is 0 Å². The molecule has 124 valence electrons. The van der Waals surface area contributed by atoms with E-state index in [-0.39, 0.29) is 18.2 Å². The fourth-order valence-electron chi connectivity index (χ4n) is 3.49. The standard InChI is InChI=1S/C19H25NO3/c1-3-14(15-9-5-4-6-10-15)13-17(21)20-19(2)12-8-7-11-16(19)18(22)23/h3-6,9-10,14,16H,1,7-8,11-13H2,2H3,(H,20,21)(H,22,23). The van der Waals surface area contributed by atoms with E-state index >= 15 is 0 Å². The number of hydrogen-bond donors (Lipinski definition) is 2. The van der Waals surface area contributed by atoms with Crippen molar-refractivity contribution >= 4 is 11.9 Å². The van der Waals surface area contributed by atoms with Crippen molar-refractivity contribution in [3.63, 3.8) is 0 Å². The quantitative estimate of drug-likeness (QED) is 0.790. The third kappa shape index (κ3) is 4.21. The number of allylic oxidation sites excluding steroid dienone is 1. The summed E-state index contributed by atoms with van der Waals surface area (Å²) in [7, 11) is 0. The van der Waals surface area contributed by atoms with Gasteiger partial charge in [0.1, 0.15) is 0 Å². The van der Waals surface area contributed by atoms with Gasteiger partial charge >= 0.3 is 5.97 Å². The first-order valence-electron chi connectivity index (χ1n) is 8.17. The third-order valence-corrected chi connectivity index (χ3v) is 4.85. The molecule has 4 heteroatoms. The minimum Gasteiger partial charge on any atom is -0.481 e. The molecule has 1 aliphatic rings. The molecule has 0 saturated heterocycles. The summed E-state index contributed by atoms with van der Waals surface area (Å²) >= 11 is 0. The second-order valence-electron chi connectivity index (χ2n) is 6.56. The first-order chi connectivity index (χ1) is 11.0. The van der Waals surface area contributed by atoms with Crippen LogP contribution in [-0.2, 0) is 9.59 Å². The summed E-state index contributed by atoms with van der Waals surface area (Å²) in [5.74, 6) is -1.52. The van der Waals surface area contributed by atoms with Crippen molar-refractivity contribution in [2.24, 2.45) is 5.92 Å². The molecule has 1 aromatic carbocycles. The van der Waals surface area contributed by atoms with Gasteiger partial charge in [-0.15, -0.1) is 6.58 Å². The van der Waals surface area contributed by atoms with E-state index < -0.39 is 17.4 Å². The average molecular weight is 315 g/mol. The van der Waals surface area contributed by atoms with E-state index in [1.165, 1.54) is 0 Å². The molecule has 2 N–H and O–H groups in total. The summed E-state index contributed by atoms with van der Waals surface area (Å²) in [5, 5.41) is 12.4. The molecule has 0 spiro atoms. The topological polar surface area (TPSA) is 66.4 Å². The first kappa shape index (κ1) is 17.3. The van der Waals surface area contributed by atoms with E-state index in [9.17, 15) is 14.7 Å². The molecular formula is C19H25NO3. The van der Waals surface area contributed by atoms with E-state index in [1.807, 2.05) is 37.3 Å². The lowest BCUT2D eigenvalue weighted by molar-refractivity contribution is -0.146. The number of aliphatic carboxylic acids is 1. The van der Waals surface area contributed by atoms with Gasteiger partial charge in [0.25, 0.3) is 0 Å². The molecule has 0 aliphatic heterocycles. The first-order valence-corrected chi connectivity index (χ1v) is 8.17. The molecule has 1 amide bonds. The second kappa shape index (κ2) is 7.44. The highest BCUT2D eigenvalue weighted by Gasteiger charge is 2.42. The number of amides is 1. The van der Waals surface area contributed by atoms with Crippen molar-refractivity contribution in [1.82, 2.24) is 5.32 Å². The van der Waals surface area contributed by atoms with Crippen molar-refractivity contribution in [1.29, 1.82) is 0 Å². The molecule has 0 aromatic heterocycles. The Balaban J connectivity index is 2.05. The SMILES string of the molecule is C=CC(CC(=O)NC1(C)CCCCC1C(=O)O)c1ccccc1. The van der Waals surface area contributed by atoms with Gasteiger partial charge in [0.15, 0.2) is 0 Å². The van der Waals surface area contributed by atoms with Crippen molar-refractivity contribution in [2.45, 2.75) is 50.5 Å². The summed E-state index contributed by atoms with van der Waals surface area (Å²) in [6.45, 7) is 5.68. The molecule has 1 aliphatic carbocycles. The van der Waals surface area contributed by atoms with Crippen LogP contribution in [0.2, 0.25) is 0 Å². The monoisotopic (exact) mass is 315 g/mol. The Labute approximate surface area is 137 Å². The zero-order valence-electron chi connectivity index (χ0n) is 13.6. The summed E-state index contributed by atoms with van der Waals surface area (Å²) in [5.41, 5.74) is 0.380. The number of nitrogens with one attached hydrogen (secondary N) is 1. The highest BCUT2D eigenvalue weighted by atomic mass is 16.4. The predicted molar refractivity (Wildman–Crippen MR) is 90.1 cm³/mol. The molecule has 2 rings (SSSR count). The number of carbonyl (C=O) groups excluding carboxylic acids is 1. The Kier molecular flexibility index (Phi) is 5.59. The van der Waals surface area contributed by atoms with Crippen LogP contribution >= 0.6 is 0 Å². The lowest BCUT2D eigenvalue weighted by atomic mass is 9.73. The van der Waals surface area contributed by atoms with Crippen molar-refractivity contribution < 1.29 is 14.7 Å². The molecule has 0 radical (unpaired) electrons. The highest BCUT2D eigenvalue weighted by Crippen LogP contribution is 2.34. The smallest absolute Gasteiger partial charge is 0.308 e. The minimum absolute atomic E-state index is 0.0633. The van der Waals surface area contributed by atoms with E-state index in [0.717, 1.165) is 18.4 Å². The Morgan fingerprint density at radius 2 is 2.09 bits per heavy atom. The number of carboxylic acid groups (broad SMARTS) is 1. The predicted octanol–water partition coefficient (Wildman–Crippen LogP) is 3.50. The summed E-state index contributed by atoms with van der Waals surface area (Å²) in [4.78, 5) is 24.0. The molecule has 1 aromatic rings. The van der Waals surface area contributed by atoms with Gasteiger partial charge in [0.2, 0.25) is 5.91 Å². The highest BCUT2D eigenvalue weighted by molar-refractivity contribution is 5.80. The molecule has 3 unspecified atom stereocenters. The van der Waals surface area contributed by atoms with Gasteiger partial charge in [-0.3, -0.25) is 9.59 Å². The number of benzene rings is 1. The molecule has 4 nitrogen and oxygen atoms in total. The third-order valence-electron chi connectivity index (χ3n) is 4.85. The largest absolute Gasteiger partial charge is 0.481 e. The van der Waals surface area contributed by atoms with Crippen LogP contribution < -0.4 is 5.32 Å². The number of carboxylic acids is 1. The van der Waals surface area contributed by atoms with Crippen LogP contribution in [0.5, 0.6) is 0 Å². The van der Waals surface area contributed by atoms with Crippen LogP contribution in [0.15, 0.2) is 43.0 Å². The van der Waals surface area contributed by atoms with Gasteiger partial charge in [0.05, 0.1) is 11.5 Å². The lowest BCUT2D eigenvalue weighted by Crippen LogP contribution is -2.55. The van der Waals surface area contributed by atoms with Crippen LogP contribution in [0.1, 0.15) is 50.5 Å². The zero-order valence-corrected chi connectivity index (χ0v) is 13.6. The molecule has 3 atom stereocenters. The van der Waals surface area contributed by atoms with Gasteiger partial charge < -0.3 is 10.4 Å². The molecule has 1 fully saturated rings. The summed E-state index contributed by atoms with van der Waals surface area (Å²) < 4.78 is 0. The minimum atomic E-state index is -0.823. The Bertz CT molecular complexity index is 569. The summed E-state index contributed by atoms with van der Waals surface area (Å²) in [6, 6.07) is 9.76. The van der Waals surface area contributed by atoms with Crippen LogP contribution in [0.25, 0.3) is 0 Å². The Morgan fingerprint density at radius 1 is 1.39 bits per heavy atom.